The lowest BCUT2D eigenvalue weighted by Gasteiger charge is -2.23. The van der Waals surface area contributed by atoms with Gasteiger partial charge in [0.25, 0.3) is 0 Å². The molecule has 1 heterocycles. The summed E-state index contributed by atoms with van der Waals surface area (Å²) in [6.45, 7) is 5.48. The van der Waals surface area contributed by atoms with Gasteiger partial charge < -0.3 is 9.64 Å². The van der Waals surface area contributed by atoms with Crippen LogP contribution in [-0.2, 0) is 14.6 Å². The van der Waals surface area contributed by atoms with Crippen molar-refractivity contribution in [2.45, 2.75) is 32.4 Å². The van der Waals surface area contributed by atoms with Crippen molar-refractivity contribution in [3.8, 4) is 0 Å². The van der Waals surface area contributed by atoms with Crippen molar-refractivity contribution in [2.75, 3.05) is 31.7 Å². The van der Waals surface area contributed by atoms with Crippen LogP contribution >= 0.6 is 0 Å². The molecule has 1 unspecified atom stereocenters. The highest BCUT2D eigenvalue weighted by Gasteiger charge is 2.30. The number of rotatable bonds is 5. The molecule has 5 heteroatoms. The molecular formula is C10H21NO3S. The van der Waals surface area contributed by atoms with Crippen molar-refractivity contribution in [3.63, 3.8) is 0 Å². The fourth-order valence-electron chi connectivity index (χ4n) is 1.74. The van der Waals surface area contributed by atoms with Crippen LogP contribution < -0.4 is 0 Å². The lowest BCUT2D eigenvalue weighted by molar-refractivity contribution is 0.0579. The zero-order chi connectivity index (χ0) is 11.5. The fraction of sp³-hybridized carbons (Fsp3) is 1.00. The molecule has 1 aliphatic heterocycles. The van der Waals surface area contributed by atoms with Gasteiger partial charge in [0.1, 0.15) is 0 Å². The van der Waals surface area contributed by atoms with Gasteiger partial charge in [0.15, 0.2) is 9.84 Å². The van der Waals surface area contributed by atoms with Gasteiger partial charge in [-0.1, -0.05) is 0 Å². The molecule has 1 fully saturated rings. The first-order chi connectivity index (χ1) is 6.91. The fourth-order valence-corrected chi connectivity index (χ4v) is 3.54. The first kappa shape index (κ1) is 12.9. The second-order valence-corrected chi connectivity index (χ2v) is 6.69. The van der Waals surface area contributed by atoms with Crippen LogP contribution in [0.4, 0.5) is 0 Å². The summed E-state index contributed by atoms with van der Waals surface area (Å²) in [7, 11) is -0.797. The molecule has 0 aromatic carbocycles. The lowest BCUT2D eigenvalue weighted by atomic mass is 10.2. The van der Waals surface area contributed by atoms with Crippen LogP contribution in [-0.4, -0.2) is 57.2 Å². The standard InChI is InChI=1S/C10H21NO3S/c1-9(2)14-6-5-11(3)10-4-7-15(12,13)8-10/h9-10H,4-8H2,1-3H3. The van der Waals surface area contributed by atoms with E-state index in [9.17, 15) is 8.42 Å². The molecule has 1 aliphatic rings. The van der Waals surface area contributed by atoms with Gasteiger partial charge in [-0.25, -0.2) is 8.42 Å². The molecule has 0 spiro atoms. The summed E-state index contributed by atoms with van der Waals surface area (Å²) < 4.78 is 28.0. The minimum atomic E-state index is -2.76. The maximum atomic E-state index is 11.3. The molecule has 0 N–H and O–H groups in total. The number of sulfone groups is 1. The van der Waals surface area contributed by atoms with Gasteiger partial charge in [0, 0.05) is 12.6 Å². The first-order valence-corrected chi connectivity index (χ1v) is 7.25. The number of likely N-dealkylation sites (N-methyl/N-ethyl adjacent to an activating group) is 1. The third-order valence-electron chi connectivity index (χ3n) is 2.73. The largest absolute Gasteiger partial charge is 0.377 e. The van der Waals surface area contributed by atoms with E-state index in [1.165, 1.54) is 0 Å². The summed E-state index contributed by atoms with van der Waals surface area (Å²) in [6.07, 6.45) is 1.01. The van der Waals surface area contributed by atoms with Gasteiger partial charge in [-0.15, -0.1) is 0 Å². The summed E-state index contributed by atoms with van der Waals surface area (Å²) in [5.74, 6) is 0.651. The Morgan fingerprint density at radius 2 is 2.13 bits per heavy atom. The maximum absolute atomic E-state index is 11.3. The zero-order valence-electron chi connectivity index (χ0n) is 9.77. The van der Waals surface area contributed by atoms with Crippen LogP contribution in [0.25, 0.3) is 0 Å². The quantitative estimate of drug-likeness (QED) is 0.697. The van der Waals surface area contributed by atoms with Crippen LogP contribution in [0, 0.1) is 0 Å². The SMILES string of the molecule is CC(C)OCCN(C)C1CCS(=O)(=O)C1. The van der Waals surface area contributed by atoms with Crippen molar-refractivity contribution in [2.24, 2.45) is 0 Å². The predicted octanol–water partition coefficient (Wildman–Crippen LogP) is 0.530. The van der Waals surface area contributed by atoms with Crippen LogP contribution in [0.5, 0.6) is 0 Å². The van der Waals surface area contributed by atoms with E-state index in [0.29, 0.717) is 18.1 Å². The van der Waals surface area contributed by atoms with Crippen LogP contribution in [0.2, 0.25) is 0 Å². The van der Waals surface area contributed by atoms with E-state index in [0.717, 1.165) is 13.0 Å². The highest BCUT2D eigenvalue weighted by atomic mass is 32.2. The minimum absolute atomic E-state index is 0.186. The lowest BCUT2D eigenvalue weighted by Crippen LogP contribution is -2.35. The highest BCUT2D eigenvalue weighted by Crippen LogP contribution is 2.16. The van der Waals surface area contributed by atoms with E-state index < -0.39 is 9.84 Å². The molecule has 0 aliphatic carbocycles. The molecule has 90 valence electrons. The molecule has 0 bridgehead atoms. The average molecular weight is 235 g/mol. The normalized spacial score (nSPS) is 25.3. The van der Waals surface area contributed by atoms with Gasteiger partial charge >= 0.3 is 0 Å². The number of hydrogen-bond acceptors (Lipinski definition) is 4. The first-order valence-electron chi connectivity index (χ1n) is 5.43. The Bertz CT molecular complexity index is 287. The third-order valence-corrected chi connectivity index (χ3v) is 4.48. The molecular weight excluding hydrogens is 214 g/mol. The Balaban J connectivity index is 2.26. The van der Waals surface area contributed by atoms with Gasteiger partial charge in [0.05, 0.1) is 24.2 Å². The minimum Gasteiger partial charge on any atom is -0.377 e. The molecule has 0 aromatic rings. The van der Waals surface area contributed by atoms with Crippen molar-refractivity contribution in [1.82, 2.24) is 4.90 Å². The Labute approximate surface area is 92.5 Å². The van der Waals surface area contributed by atoms with Crippen molar-refractivity contribution >= 4 is 9.84 Å². The zero-order valence-corrected chi connectivity index (χ0v) is 10.6. The smallest absolute Gasteiger partial charge is 0.151 e. The molecule has 15 heavy (non-hydrogen) atoms. The topological polar surface area (TPSA) is 46.6 Å². The van der Waals surface area contributed by atoms with E-state index in [-0.39, 0.29) is 12.1 Å². The van der Waals surface area contributed by atoms with Crippen LogP contribution in [0.3, 0.4) is 0 Å². The molecule has 0 radical (unpaired) electrons. The molecule has 1 rings (SSSR count). The Morgan fingerprint density at radius 3 is 2.60 bits per heavy atom. The molecule has 4 nitrogen and oxygen atoms in total. The summed E-state index contributed by atoms with van der Waals surface area (Å²) >= 11 is 0. The molecule has 0 saturated carbocycles. The van der Waals surface area contributed by atoms with Crippen molar-refractivity contribution in [3.05, 3.63) is 0 Å². The van der Waals surface area contributed by atoms with Crippen molar-refractivity contribution in [1.29, 1.82) is 0 Å². The van der Waals surface area contributed by atoms with Crippen LogP contribution in [0.1, 0.15) is 20.3 Å². The maximum Gasteiger partial charge on any atom is 0.151 e. The number of hydrogen-bond donors (Lipinski definition) is 0. The second-order valence-electron chi connectivity index (χ2n) is 4.46. The summed E-state index contributed by atoms with van der Waals surface area (Å²) in [5.41, 5.74) is 0. The monoisotopic (exact) mass is 235 g/mol. The van der Waals surface area contributed by atoms with Gasteiger partial charge in [-0.2, -0.15) is 0 Å². The average Bonchev–Trinajstić information content (AvgIpc) is 2.45. The summed E-state index contributed by atoms with van der Waals surface area (Å²) in [5, 5.41) is 0. The van der Waals surface area contributed by atoms with Gasteiger partial charge in [0.2, 0.25) is 0 Å². The van der Waals surface area contributed by atoms with E-state index in [1.807, 2.05) is 20.9 Å². The highest BCUT2D eigenvalue weighted by molar-refractivity contribution is 7.91. The van der Waals surface area contributed by atoms with Gasteiger partial charge in [-0.3, -0.25) is 0 Å². The van der Waals surface area contributed by atoms with E-state index >= 15 is 0 Å². The molecule has 1 saturated heterocycles. The second kappa shape index (κ2) is 5.27. The summed E-state index contributed by atoms with van der Waals surface area (Å²) in [6, 6.07) is 0.186. The predicted molar refractivity (Wildman–Crippen MR) is 60.8 cm³/mol. The number of nitrogens with zero attached hydrogens (tertiary/aromatic N) is 1. The number of ether oxygens (including phenoxy) is 1. The summed E-state index contributed by atoms with van der Waals surface area (Å²) in [4.78, 5) is 2.09. The van der Waals surface area contributed by atoms with Gasteiger partial charge in [-0.05, 0) is 27.3 Å². The van der Waals surface area contributed by atoms with E-state index in [2.05, 4.69) is 4.90 Å². The Morgan fingerprint density at radius 1 is 1.47 bits per heavy atom. The Hall–Kier alpha value is -0.130. The van der Waals surface area contributed by atoms with Crippen molar-refractivity contribution < 1.29 is 13.2 Å². The van der Waals surface area contributed by atoms with E-state index in [4.69, 9.17) is 4.74 Å². The molecule has 1 atom stereocenters. The van der Waals surface area contributed by atoms with E-state index in [1.54, 1.807) is 0 Å². The third kappa shape index (κ3) is 4.49. The van der Waals surface area contributed by atoms with Crippen LogP contribution in [0.15, 0.2) is 0 Å². The molecule has 0 amide bonds. The Kier molecular flexibility index (Phi) is 4.55. The molecule has 0 aromatic heterocycles.